The van der Waals surface area contributed by atoms with Crippen LogP contribution >= 0.6 is 0 Å². The van der Waals surface area contributed by atoms with Crippen molar-refractivity contribution < 1.29 is 9.90 Å². The minimum Gasteiger partial charge on any atom is -0.389 e. The van der Waals surface area contributed by atoms with Gasteiger partial charge in [-0.3, -0.25) is 0 Å². The number of anilines is 1. The molecule has 5 heteroatoms. The van der Waals surface area contributed by atoms with Gasteiger partial charge >= 0.3 is 6.03 Å². The maximum Gasteiger partial charge on any atom is 0.319 e. The Labute approximate surface area is 150 Å². The molecule has 3 rings (SSSR count). The lowest BCUT2D eigenvalue weighted by Gasteiger charge is -2.29. The second kappa shape index (κ2) is 8.19. The molecule has 0 aliphatic heterocycles. The van der Waals surface area contributed by atoms with Crippen molar-refractivity contribution in [1.82, 2.24) is 10.6 Å². The second-order valence-electron chi connectivity index (χ2n) is 7.74. The van der Waals surface area contributed by atoms with Gasteiger partial charge in [0.2, 0.25) is 0 Å². The number of urea groups is 1. The van der Waals surface area contributed by atoms with Crippen LogP contribution in [0.2, 0.25) is 0 Å². The number of amides is 2. The predicted octanol–water partition coefficient (Wildman–Crippen LogP) is 3.71. The van der Waals surface area contributed by atoms with Gasteiger partial charge in [0.15, 0.2) is 0 Å². The third-order valence-electron chi connectivity index (χ3n) is 5.35. The lowest BCUT2D eigenvalue weighted by atomic mass is 9.94. The Kier molecular flexibility index (Phi) is 5.97. The van der Waals surface area contributed by atoms with Crippen LogP contribution in [0.5, 0.6) is 0 Å². The van der Waals surface area contributed by atoms with Crippen LogP contribution in [0.3, 0.4) is 0 Å². The summed E-state index contributed by atoms with van der Waals surface area (Å²) >= 11 is 0. The molecule has 0 radical (unpaired) electrons. The predicted molar refractivity (Wildman–Crippen MR) is 101 cm³/mol. The number of rotatable bonds is 6. The van der Waals surface area contributed by atoms with Crippen molar-refractivity contribution in [1.29, 1.82) is 0 Å². The largest absolute Gasteiger partial charge is 0.389 e. The fourth-order valence-electron chi connectivity index (χ4n) is 3.46. The van der Waals surface area contributed by atoms with E-state index in [1.54, 1.807) is 0 Å². The van der Waals surface area contributed by atoms with Gasteiger partial charge in [0, 0.05) is 24.3 Å². The van der Waals surface area contributed by atoms with E-state index in [1.165, 1.54) is 12.8 Å². The zero-order valence-electron chi connectivity index (χ0n) is 15.2. The maximum atomic E-state index is 11.8. The molecule has 2 aliphatic carbocycles. The normalized spacial score (nSPS) is 21.2. The molecule has 0 spiro atoms. The molecular formula is C20H31N3O2. The minimum absolute atomic E-state index is 0.128. The van der Waals surface area contributed by atoms with E-state index < -0.39 is 5.60 Å². The summed E-state index contributed by atoms with van der Waals surface area (Å²) in [4.78, 5) is 11.8. The third kappa shape index (κ3) is 5.72. The monoisotopic (exact) mass is 345 g/mol. The molecule has 0 aromatic heterocycles. The molecule has 2 amide bonds. The summed E-state index contributed by atoms with van der Waals surface area (Å²) in [5.41, 5.74) is 1.40. The summed E-state index contributed by atoms with van der Waals surface area (Å²) in [6, 6.07) is 8.32. The standard InChI is InChI=1S/C20H31N3O2/c1-15(21-14-20(25)12-4-2-3-5-13-20)16-6-8-17(9-7-16)22-19(24)23-18-10-11-18/h6-9,15,18,21,25H,2-5,10-14H2,1H3,(H2,22,23,24). The van der Waals surface area contributed by atoms with Gasteiger partial charge < -0.3 is 21.1 Å². The van der Waals surface area contributed by atoms with Gasteiger partial charge in [-0.25, -0.2) is 4.79 Å². The lowest BCUT2D eigenvalue weighted by Crippen LogP contribution is -2.41. The van der Waals surface area contributed by atoms with E-state index in [0.29, 0.717) is 12.6 Å². The molecule has 1 atom stereocenters. The number of hydrogen-bond donors (Lipinski definition) is 4. The topological polar surface area (TPSA) is 73.4 Å². The van der Waals surface area contributed by atoms with Gasteiger partial charge in [0.05, 0.1) is 5.60 Å². The van der Waals surface area contributed by atoms with E-state index in [9.17, 15) is 9.90 Å². The highest BCUT2D eigenvalue weighted by Gasteiger charge is 2.28. The van der Waals surface area contributed by atoms with Crippen molar-refractivity contribution in [3.63, 3.8) is 0 Å². The maximum absolute atomic E-state index is 11.8. The first-order valence-corrected chi connectivity index (χ1v) is 9.67. The summed E-state index contributed by atoms with van der Waals surface area (Å²) in [7, 11) is 0. The van der Waals surface area contributed by atoms with Crippen molar-refractivity contribution in [3.8, 4) is 0 Å². The first-order valence-electron chi connectivity index (χ1n) is 9.67. The van der Waals surface area contributed by atoms with Crippen LogP contribution in [0.4, 0.5) is 10.5 Å². The zero-order valence-corrected chi connectivity index (χ0v) is 15.2. The average molecular weight is 345 g/mol. The first-order chi connectivity index (χ1) is 12.0. The van der Waals surface area contributed by atoms with Crippen molar-refractivity contribution in [2.75, 3.05) is 11.9 Å². The fourth-order valence-corrected chi connectivity index (χ4v) is 3.46. The van der Waals surface area contributed by atoms with Crippen LogP contribution in [0.15, 0.2) is 24.3 Å². The van der Waals surface area contributed by atoms with Gasteiger partial charge in [0.1, 0.15) is 0 Å². The summed E-state index contributed by atoms with van der Waals surface area (Å²) in [6.45, 7) is 2.75. The van der Waals surface area contributed by atoms with Crippen molar-refractivity contribution in [2.24, 2.45) is 0 Å². The van der Waals surface area contributed by atoms with Crippen LogP contribution in [0, 0.1) is 0 Å². The van der Waals surface area contributed by atoms with E-state index in [0.717, 1.165) is 49.8 Å². The number of nitrogens with one attached hydrogen (secondary N) is 3. The summed E-state index contributed by atoms with van der Waals surface area (Å²) in [5.74, 6) is 0. The Bertz CT molecular complexity index is 561. The number of benzene rings is 1. The summed E-state index contributed by atoms with van der Waals surface area (Å²) in [5, 5.41) is 20.0. The Morgan fingerprint density at radius 1 is 1.16 bits per heavy atom. The molecule has 5 nitrogen and oxygen atoms in total. The SMILES string of the molecule is CC(NCC1(O)CCCCCC1)c1ccc(NC(=O)NC2CC2)cc1. The molecule has 0 heterocycles. The molecule has 4 N–H and O–H groups in total. The molecule has 1 unspecified atom stereocenters. The van der Waals surface area contributed by atoms with Crippen LogP contribution in [-0.2, 0) is 0 Å². The Hall–Kier alpha value is -1.59. The van der Waals surface area contributed by atoms with Crippen molar-refractivity contribution >= 4 is 11.7 Å². The van der Waals surface area contributed by atoms with E-state index in [-0.39, 0.29) is 12.1 Å². The molecule has 0 saturated heterocycles. The number of carbonyl (C=O) groups is 1. The lowest BCUT2D eigenvalue weighted by molar-refractivity contribution is 0.0231. The third-order valence-corrected chi connectivity index (χ3v) is 5.35. The van der Waals surface area contributed by atoms with Gasteiger partial charge in [-0.1, -0.05) is 37.8 Å². The van der Waals surface area contributed by atoms with Gasteiger partial charge in [0.25, 0.3) is 0 Å². The van der Waals surface area contributed by atoms with Crippen LogP contribution in [-0.4, -0.2) is 29.3 Å². The number of aliphatic hydroxyl groups is 1. The molecule has 1 aromatic carbocycles. The van der Waals surface area contributed by atoms with E-state index in [1.807, 2.05) is 24.3 Å². The highest BCUT2D eigenvalue weighted by Crippen LogP contribution is 2.27. The smallest absolute Gasteiger partial charge is 0.319 e. The fraction of sp³-hybridized carbons (Fsp3) is 0.650. The number of hydrogen-bond acceptors (Lipinski definition) is 3. The van der Waals surface area contributed by atoms with E-state index in [2.05, 4.69) is 22.9 Å². The van der Waals surface area contributed by atoms with Crippen LogP contribution < -0.4 is 16.0 Å². The highest BCUT2D eigenvalue weighted by atomic mass is 16.3. The summed E-state index contributed by atoms with van der Waals surface area (Å²) < 4.78 is 0. The Morgan fingerprint density at radius 3 is 2.40 bits per heavy atom. The Morgan fingerprint density at radius 2 is 1.80 bits per heavy atom. The molecule has 25 heavy (non-hydrogen) atoms. The van der Waals surface area contributed by atoms with Crippen LogP contribution in [0.25, 0.3) is 0 Å². The molecule has 2 saturated carbocycles. The number of carbonyl (C=O) groups excluding carboxylic acids is 1. The average Bonchev–Trinajstić information content (AvgIpc) is 3.42. The first kappa shape index (κ1) is 18.2. The molecule has 2 fully saturated rings. The van der Waals surface area contributed by atoms with Gasteiger partial charge in [-0.05, 0) is 50.3 Å². The molecule has 2 aliphatic rings. The van der Waals surface area contributed by atoms with Gasteiger partial charge in [-0.15, -0.1) is 0 Å². The Balaban J connectivity index is 1.48. The van der Waals surface area contributed by atoms with E-state index >= 15 is 0 Å². The second-order valence-corrected chi connectivity index (χ2v) is 7.74. The minimum atomic E-state index is -0.562. The molecule has 1 aromatic rings. The molecular weight excluding hydrogens is 314 g/mol. The molecule has 138 valence electrons. The van der Waals surface area contributed by atoms with Crippen LogP contribution in [0.1, 0.15) is 69.9 Å². The highest BCUT2D eigenvalue weighted by molar-refractivity contribution is 5.89. The zero-order chi connectivity index (χ0) is 17.7. The quantitative estimate of drug-likeness (QED) is 0.594. The summed E-state index contributed by atoms with van der Waals surface area (Å²) in [6.07, 6.45) is 8.67. The molecule has 0 bridgehead atoms. The van der Waals surface area contributed by atoms with E-state index in [4.69, 9.17) is 0 Å². The van der Waals surface area contributed by atoms with Crippen molar-refractivity contribution in [3.05, 3.63) is 29.8 Å². The van der Waals surface area contributed by atoms with Gasteiger partial charge in [-0.2, -0.15) is 0 Å². The van der Waals surface area contributed by atoms with Crippen molar-refractivity contribution in [2.45, 2.75) is 76.0 Å².